The van der Waals surface area contributed by atoms with Crippen LogP contribution in [0.25, 0.3) is 0 Å². The van der Waals surface area contributed by atoms with Crippen molar-refractivity contribution in [3.05, 3.63) is 57.2 Å². The van der Waals surface area contributed by atoms with E-state index in [-0.39, 0.29) is 50.2 Å². The second-order valence-electron chi connectivity index (χ2n) is 12.5. The molecule has 1 unspecified atom stereocenters. The SMILES string of the molecule is CC(C)(C)OC(=O)N1CC(COC(=O)C[C@H](NC(=O)C2CCNCC2)c2cc(Cl)cc(Cl)c2)Cc2ccc(CCC(=O)O)nc21. The number of rotatable bonds is 10. The molecule has 3 heterocycles. The molecular weight excluding hydrogens is 623 g/mol. The molecule has 1 aromatic heterocycles. The molecule has 2 atom stereocenters. The Kier molecular flexibility index (Phi) is 11.7. The number of nitrogens with zero attached hydrogens (tertiary/aromatic N) is 2. The zero-order chi connectivity index (χ0) is 32.7. The molecule has 0 bridgehead atoms. The summed E-state index contributed by atoms with van der Waals surface area (Å²) in [4.78, 5) is 56.6. The van der Waals surface area contributed by atoms with Gasteiger partial charge in [-0.3, -0.25) is 19.3 Å². The smallest absolute Gasteiger partial charge is 0.416 e. The summed E-state index contributed by atoms with van der Waals surface area (Å²) in [6, 6.07) is 7.79. The van der Waals surface area contributed by atoms with E-state index < -0.39 is 29.7 Å². The molecule has 2 aromatic rings. The van der Waals surface area contributed by atoms with Crippen molar-refractivity contribution < 1.29 is 33.8 Å². The quantitative estimate of drug-likeness (QED) is 0.295. The number of anilines is 1. The number of aliphatic carboxylic acids is 1. The molecule has 13 heteroatoms. The second kappa shape index (κ2) is 15.2. The first kappa shape index (κ1) is 34.5. The molecule has 11 nitrogen and oxygen atoms in total. The summed E-state index contributed by atoms with van der Waals surface area (Å²) in [5.41, 5.74) is 1.15. The number of piperidine rings is 1. The van der Waals surface area contributed by atoms with E-state index in [1.165, 1.54) is 4.90 Å². The maximum absolute atomic E-state index is 13.2. The summed E-state index contributed by atoms with van der Waals surface area (Å²) in [7, 11) is 0. The third kappa shape index (κ3) is 10.3. The van der Waals surface area contributed by atoms with Crippen LogP contribution in [-0.2, 0) is 36.7 Å². The van der Waals surface area contributed by atoms with Crippen LogP contribution in [0.5, 0.6) is 0 Å². The van der Waals surface area contributed by atoms with Gasteiger partial charge in [0.05, 0.1) is 25.5 Å². The largest absolute Gasteiger partial charge is 0.481 e. The summed E-state index contributed by atoms with van der Waals surface area (Å²) < 4.78 is 11.4. The Morgan fingerprint density at radius 3 is 2.44 bits per heavy atom. The lowest BCUT2D eigenvalue weighted by Crippen LogP contribution is -2.45. The number of hydrogen-bond acceptors (Lipinski definition) is 8. The average molecular weight is 664 g/mol. The van der Waals surface area contributed by atoms with Crippen LogP contribution in [0.15, 0.2) is 30.3 Å². The van der Waals surface area contributed by atoms with Gasteiger partial charge in [-0.1, -0.05) is 29.3 Å². The number of halogens is 2. The lowest BCUT2D eigenvalue weighted by atomic mass is 9.95. The molecule has 244 valence electrons. The number of nitrogens with one attached hydrogen (secondary N) is 2. The van der Waals surface area contributed by atoms with Crippen molar-refractivity contribution in [1.82, 2.24) is 15.6 Å². The van der Waals surface area contributed by atoms with E-state index >= 15 is 0 Å². The lowest BCUT2D eigenvalue weighted by Gasteiger charge is -2.34. The van der Waals surface area contributed by atoms with E-state index in [4.69, 9.17) is 37.8 Å². The molecule has 1 saturated heterocycles. The van der Waals surface area contributed by atoms with Crippen molar-refractivity contribution >= 4 is 53.0 Å². The predicted molar refractivity (Wildman–Crippen MR) is 169 cm³/mol. The number of pyridine rings is 1. The van der Waals surface area contributed by atoms with E-state index in [0.29, 0.717) is 46.4 Å². The molecule has 1 fully saturated rings. The van der Waals surface area contributed by atoms with E-state index in [1.807, 2.05) is 6.07 Å². The van der Waals surface area contributed by atoms with Crippen LogP contribution in [-0.4, -0.2) is 65.9 Å². The van der Waals surface area contributed by atoms with Gasteiger partial charge in [0.2, 0.25) is 5.91 Å². The van der Waals surface area contributed by atoms with Crippen LogP contribution in [0.1, 0.15) is 69.3 Å². The Labute approximate surface area is 272 Å². The van der Waals surface area contributed by atoms with Crippen molar-refractivity contribution in [2.75, 3.05) is 31.1 Å². The van der Waals surface area contributed by atoms with Gasteiger partial charge in [-0.25, -0.2) is 9.78 Å². The summed E-state index contributed by atoms with van der Waals surface area (Å²) in [5.74, 6) is -1.63. The number of carbonyl (C=O) groups excluding carboxylic acids is 3. The van der Waals surface area contributed by atoms with Crippen molar-refractivity contribution in [3.8, 4) is 0 Å². The first-order chi connectivity index (χ1) is 21.3. The third-order valence-electron chi connectivity index (χ3n) is 7.59. The average Bonchev–Trinajstić information content (AvgIpc) is 2.97. The number of carboxylic acid groups (broad SMARTS) is 1. The van der Waals surface area contributed by atoms with E-state index in [0.717, 1.165) is 18.7 Å². The van der Waals surface area contributed by atoms with Gasteiger partial charge in [0.25, 0.3) is 0 Å². The van der Waals surface area contributed by atoms with Crippen LogP contribution >= 0.6 is 23.2 Å². The minimum absolute atomic E-state index is 0.0175. The van der Waals surface area contributed by atoms with E-state index in [1.54, 1.807) is 45.0 Å². The van der Waals surface area contributed by atoms with Crippen LogP contribution in [0.4, 0.5) is 10.6 Å². The fourth-order valence-corrected chi connectivity index (χ4v) is 5.98. The standard InChI is InChI=1S/C32H40Cl2N4O7/c1-32(2,3)45-31(43)38-17-19(12-21-4-5-25(36-29(21)38)6-7-27(39)40)18-44-28(41)16-26(22-13-23(33)15-24(34)14-22)37-30(42)20-8-10-35-11-9-20/h4-5,13-15,19-20,26,35H,6-12,16-18H2,1-3H3,(H,37,42)(H,39,40)/t19?,26-/m0/s1. The van der Waals surface area contributed by atoms with Gasteiger partial charge < -0.3 is 25.2 Å². The lowest BCUT2D eigenvalue weighted by molar-refractivity contribution is -0.146. The monoisotopic (exact) mass is 662 g/mol. The molecule has 2 amide bonds. The van der Waals surface area contributed by atoms with Crippen molar-refractivity contribution in [2.45, 2.75) is 70.9 Å². The van der Waals surface area contributed by atoms with Crippen molar-refractivity contribution in [3.63, 3.8) is 0 Å². The van der Waals surface area contributed by atoms with Crippen LogP contribution in [0, 0.1) is 11.8 Å². The molecule has 0 aliphatic carbocycles. The van der Waals surface area contributed by atoms with Crippen molar-refractivity contribution in [2.24, 2.45) is 11.8 Å². The second-order valence-corrected chi connectivity index (χ2v) is 13.4. The Balaban J connectivity index is 1.47. The number of carboxylic acids is 1. The predicted octanol–water partition coefficient (Wildman–Crippen LogP) is 5.11. The molecule has 0 radical (unpaired) electrons. The van der Waals surface area contributed by atoms with Gasteiger partial charge in [-0.15, -0.1) is 0 Å². The Morgan fingerprint density at radius 2 is 1.80 bits per heavy atom. The molecule has 4 rings (SSSR count). The number of ether oxygens (including phenoxy) is 2. The number of carbonyl (C=O) groups is 4. The molecule has 3 N–H and O–H groups in total. The normalized spacial score (nSPS) is 17.6. The zero-order valence-electron chi connectivity index (χ0n) is 25.7. The summed E-state index contributed by atoms with van der Waals surface area (Å²) in [6.45, 7) is 6.99. The van der Waals surface area contributed by atoms with Gasteiger partial charge in [-0.2, -0.15) is 0 Å². The van der Waals surface area contributed by atoms with Crippen molar-refractivity contribution in [1.29, 1.82) is 0 Å². The van der Waals surface area contributed by atoms with Gasteiger partial charge in [0, 0.05) is 40.5 Å². The number of benzene rings is 1. The van der Waals surface area contributed by atoms with Crippen LogP contribution in [0.3, 0.4) is 0 Å². The Morgan fingerprint density at radius 1 is 1.11 bits per heavy atom. The molecule has 0 spiro atoms. The first-order valence-electron chi connectivity index (χ1n) is 15.1. The van der Waals surface area contributed by atoms with Gasteiger partial charge in [0.1, 0.15) is 11.4 Å². The fraction of sp³-hybridized carbons (Fsp3) is 0.531. The van der Waals surface area contributed by atoms with E-state index in [9.17, 15) is 19.2 Å². The minimum atomic E-state index is -0.938. The third-order valence-corrected chi connectivity index (χ3v) is 8.03. The summed E-state index contributed by atoms with van der Waals surface area (Å²) >= 11 is 12.5. The van der Waals surface area contributed by atoms with Crippen LogP contribution in [0.2, 0.25) is 10.0 Å². The first-order valence-corrected chi connectivity index (χ1v) is 15.9. The number of aromatic nitrogens is 1. The maximum Gasteiger partial charge on any atom is 0.416 e. The van der Waals surface area contributed by atoms with Gasteiger partial charge in [0.15, 0.2) is 0 Å². The number of hydrogen-bond donors (Lipinski definition) is 3. The highest BCUT2D eigenvalue weighted by molar-refractivity contribution is 6.34. The molecule has 0 saturated carbocycles. The number of amides is 2. The number of fused-ring (bicyclic) bond motifs is 1. The highest BCUT2D eigenvalue weighted by Crippen LogP contribution is 2.31. The van der Waals surface area contributed by atoms with Crippen LogP contribution < -0.4 is 15.5 Å². The van der Waals surface area contributed by atoms with E-state index in [2.05, 4.69) is 15.6 Å². The number of esters is 1. The highest BCUT2D eigenvalue weighted by atomic mass is 35.5. The molecule has 2 aliphatic heterocycles. The molecular formula is C32H40Cl2N4O7. The Bertz CT molecular complexity index is 1390. The zero-order valence-corrected chi connectivity index (χ0v) is 27.2. The highest BCUT2D eigenvalue weighted by Gasteiger charge is 2.34. The summed E-state index contributed by atoms with van der Waals surface area (Å²) in [6.07, 6.45) is 1.28. The fourth-order valence-electron chi connectivity index (χ4n) is 5.43. The topological polar surface area (TPSA) is 147 Å². The maximum atomic E-state index is 13.2. The van der Waals surface area contributed by atoms with Gasteiger partial charge in [-0.05, 0) is 88.5 Å². The minimum Gasteiger partial charge on any atom is -0.481 e. The number of aryl methyl sites for hydroxylation is 1. The molecule has 2 aliphatic rings. The molecule has 45 heavy (non-hydrogen) atoms. The molecule has 1 aromatic carbocycles. The van der Waals surface area contributed by atoms with Gasteiger partial charge >= 0.3 is 18.0 Å². The summed E-state index contributed by atoms with van der Waals surface area (Å²) in [5, 5.41) is 16.1. The Hall–Kier alpha value is -3.41.